The van der Waals surface area contributed by atoms with Crippen LogP contribution >= 0.6 is 11.3 Å². The number of aromatic nitrogens is 1. The number of ether oxygens (including phenoxy) is 1. The van der Waals surface area contributed by atoms with Crippen LogP contribution in [0.3, 0.4) is 0 Å². The molecule has 1 atom stereocenters. The highest BCUT2D eigenvalue weighted by Crippen LogP contribution is 2.45. The molecule has 1 aliphatic rings. The van der Waals surface area contributed by atoms with E-state index in [4.69, 9.17) is 9.15 Å². The summed E-state index contributed by atoms with van der Waals surface area (Å²) in [6, 6.07) is 13.0. The molecule has 1 aliphatic heterocycles. The van der Waals surface area contributed by atoms with Gasteiger partial charge < -0.3 is 14.3 Å². The molecule has 34 heavy (non-hydrogen) atoms. The lowest BCUT2D eigenvalue weighted by atomic mass is 9.95. The molecule has 3 heterocycles. The number of benzene rings is 2. The zero-order chi connectivity index (χ0) is 24.0. The predicted octanol–water partition coefficient (Wildman–Crippen LogP) is 5.52. The van der Waals surface area contributed by atoms with Crippen molar-refractivity contribution in [3.05, 3.63) is 88.8 Å². The molecule has 7 nitrogen and oxygen atoms in total. The second-order valence-corrected chi connectivity index (χ2v) is 8.67. The number of furan rings is 1. The van der Waals surface area contributed by atoms with Crippen molar-refractivity contribution in [2.45, 2.75) is 19.9 Å². The van der Waals surface area contributed by atoms with Gasteiger partial charge in [-0.2, -0.15) is 0 Å². The Morgan fingerprint density at radius 3 is 2.74 bits per heavy atom. The van der Waals surface area contributed by atoms with Crippen LogP contribution in [0.15, 0.2) is 70.3 Å². The first kappa shape index (κ1) is 21.8. The van der Waals surface area contributed by atoms with Gasteiger partial charge in [0.05, 0.1) is 22.4 Å². The van der Waals surface area contributed by atoms with Crippen LogP contribution in [0.2, 0.25) is 0 Å². The third-order valence-electron chi connectivity index (χ3n) is 5.48. The Labute approximate surface area is 197 Å². The topological polar surface area (TPSA) is 92.9 Å². The van der Waals surface area contributed by atoms with Crippen molar-refractivity contribution >= 4 is 38.4 Å². The number of nitrogens with zero attached hydrogens (tertiary/aromatic N) is 2. The fourth-order valence-electron chi connectivity index (χ4n) is 3.97. The Morgan fingerprint density at radius 2 is 2.03 bits per heavy atom. The van der Waals surface area contributed by atoms with Gasteiger partial charge in [-0.1, -0.05) is 29.5 Å². The Balaban J connectivity index is 1.66. The molecule has 0 bridgehead atoms. The number of rotatable bonds is 6. The number of aryl methyl sites for hydroxylation is 1. The van der Waals surface area contributed by atoms with E-state index in [0.29, 0.717) is 23.6 Å². The van der Waals surface area contributed by atoms with Crippen LogP contribution in [0.4, 0.5) is 9.52 Å². The second-order valence-electron chi connectivity index (χ2n) is 7.66. The molecule has 2 aromatic carbocycles. The summed E-state index contributed by atoms with van der Waals surface area (Å²) in [6.45, 7) is 4.04. The lowest BCUT2D eigenvalue weighted by Crippen LogP contribution is -2.31. The molecular weight excluding hydrogens is 459 g/mol. The van der Waals surface area contributed by atoms with E-state index in [1.807, 2.05) is 6.92 Å². The van der Waals surface area contributed by atoms with Crippen molar-refractivity contribution in [2.75, 3.05) is 11.5 Å². The molecule has 0 aliphatic carbocycles. The average Bonchev–Trinajstić information content (AvgIpc) is 3.50. The molecule has 2 aromatic heterocycles. The molecule has 172 valence electrons. The van der Waals surface area contributed by atoms with E-state index in [1.165, 1.54) is 35.6 Å². The summed E-state index contributed by atoms with van der Waals surface area (Å²) in [6.07, 6.45) is 0. The minimum Gasteiger partial charge on any atom is -0.503 e. The molecule has 1 N–H and O–H groups in total. The van der Waals surface area contributed by atoms with E-state index in [2.05, 4.69) is 4.98 Å². The molecule has 9 heteroatoms. The highest BCUT2D eigenvalue weighted by Gasteiger charge is 2.47. The first-order valence-corrected chi connectivity index (χ1v) is 11.4. The Kier molecular flexibility index (Phi) is 5.41. The molecule has 0 saturated carbocycles. The largest absolute Gasteiger partial charge is 0.503 e. The maximum Gasteiger partial charge on any atom is 0.296 e. The second kappa shape index (κ2) is 8.42. The van der Waals surface area contributed by atoms with Gasteiger partial charge in [-0.15, -0.1) is 0 Å². The minimum atomic E-state index is -1.22. The highest BCUT2D eigenvalue weighted by atomic mass is 32.1. The molecule has 1 amide bonds. The summed E-state index contributed by atoms with van der Waals surface area (Å²) in [5.74, 6) is -1.85. The monoisotopic (exact) mass is 478 g/mol. The number of ketones is 1. The summed E-state index contributed by atoms with van der Waals surface area (Å²) in [7, 11) is 0. The number of amides is 1. The molecule has 5 rings (SSSR count). The van der Waals surface area contributed by atoms with Gasteiger partial charge in [0.2, 0.25) is 5.78 Å². The lowest BCUT2D eigenvalue weighted by molar-refractivity contribution is -0.117. The first-order chi connectivity index (χ1) is 16.4. The van der Waals surface area contributed by atoms with E-state index in [1.54, 1.807) is 37.3 Å². The van der Waals surface area contributed by atoms with Gasteiger partial charge in [0, 0.05) is 5.56 Å². The maximum atomic E-state index is 15.0. The molecule has 0 saturated heterocycles. The van der Waals surface area contributed by atoms with Gasteiger partial charge in [-0.25, -0.2) is 9.37 Å². The number of carbonyl (C=O) groups is 2. The first-order valence-electron chi connectivity index (χ1n) is 10.5. The van der Waals surface area contributed by atoms with Crippen LogP contribution < -0.4 is 9.64 Å². The van der Waals surface area contributed by atoms with Gasteiger partial charge >= 0.3 is 0 Å². The standard InChI is InChI=1S/C25H19FN2O5S/c1-3-32-14-9-10-17-19(12-14)34-25(27-17)28-21(15-6-4-5-7-16(15)26)20(23(30)24(28)31)22(29)18-11-8-13(2)33-18/h4-12,21,30H,3H2,1-2H3/t21-/m0/s1. The third-order valence-corrected chi connectivity index (χ3v) is 6.50. The van der Waals surface area contributed by atoms with Crippen LogP contribution in [0.1, 0.15) is 34.8 Å². The molecule has 4 aromatic rings. The predicted molar refractivity (Wildman–Crippen MR) is 125 cm³/mol. The number of halogens is 1. The fourth-order valence-corrected chi connectivity index (χ4v) is 4.99. The number of hydrogen-bond acceptors (Lipinski definition) is 7. The number of fused-ring (bicyclic) bond motifs is 1. The summed E-state index contributed by atoms with van der Waals surface area (Å²) in [5, 5.41) is 11.0. The smallest absolute Gasteiger partial charge is 0.296 e. The van der Waals surface area contributed by atoms with Crippen LogP contribution in [0, 0.1) is 12.7 Å². The quantitative estimate of drug-likeness (QED) is 0.367. The number of anilines is 1. The van der Waals surface area contributed by atoms with Gasteiger partial charge in [0.1, 0.15) is 23.4 Å². The number of carbonyl (C=O) groups excluding carboxylic acids is 2. The Hall–Kier alpha value is -3.98. The number of hydrogen-bond donors (Lipinski definition) is 1. The highest BCUT2D eigenvalue weighted by molar-refractivity contribution is 7.22. The zero-order valence-corrected chi connectivity index (χ0v) is 19.1. The average molecular weight is 479 g/mol. The molecule has 0 unspecified atom stereocenters. The van der Waals surface area contributed by atoms with Gasteiger partial charge in [0.25, 0.3) is 5.91 Å². The van der Waals surface area contributed by atoms with Crippen LogP contribution in [-0.2, 0) is 4.79 Å². The normalized spacial score (nSPS) is 16.0. The molecule has 0 spiro atoms. The number of aliphatic hydroxyl groups excluding tert-OH is 1. The molecule has 0 radical (unpaired) electrons. The summed E-state index contributed by atoms with van der Waals surface area (Å²) < 4.78 is 26.7. The van der Waals surface area contributed by atoms with Crippen LogP contribution in [-0.4, -0.2) is 28.4 Å². The van der Waals surface area contributed by atoms with Crippen molar-refractivity contribution in [3.8, 4) is 5.75 Å². The van der Waals surface area contributed by atoms with Crippen molar-refractivity contribution < 1.29 is 28.2 Å². The summed E-state index contributed by atoms with van der Waals surface area (Å²) in [5.41, 5.74) is 0.393. The summed E-state index contributed by atoms with van der Waals surface area (Å²) >= 11 is 1.18. The number of aliphatic hydroxyl groups is 1. The Morgan fingerprint density at radius 1 is 1.24 bits per heavy atom. The van der Waals surface area contributed by atoms with Gasteiger partial charge in [-0.05, 0) is 50.2 Å². The minimum absolute atomic E-state index is 0.0549. The molecule has 0 fully saturated rings. The van der Waals surface area contributed by atoms with Crippen molar-refractivity contribution in [1.82, 2.24) is 4.98 Å². The zero-order valence-electron chi connectivity index (χ0n) is 18.2. The van der Waals surface area contributed by atoms with E-state index in [0.717, 1.165) is 9.60 Å². The van der Waals surface area contributed by atoms with Crippen LogP contribution in [0.5, 0.6) is 5.75 Å². The van der Waals surface area contributed by atoms with Crippen molar-refractivity contribution in [1.29, 1.82) is 0 Å². The van der Waals surface area contributed by atoms with Gasteiger partial charge in [-0.3, -0.25) is 14.5 Å². The number of Topliss-reactive ketones (excluding diaryl/α,β-unsaturated/α-hetero) is 1. The van der Waals surface area contributed by atoms with Crippen molar-refractivity contribution in [3.63, 3.8) is 0 Å². The maximum absolute atomic E-state index is 15.0. The van der Waals surface area contributed by atoms with E-state index >= 15 is 0 Å². The van der Waals surface area contributed by atoms with Crippen LogP contribution in [0.25, 0.3) is 10.2 Å². The lowest BCUT2D eigenvalue weighted by Gasteiger charge is -2.24. The molecular formula is C25H19FN2O5S. The third kappa shape index (κ3) is 3.54. The van der Waals surface area contributed by atoms with Crippen molar-refractivity contribution in [2.24, 2.45) is 0 Å². The Bertz CT molecular complexity index is 1470. The number of thiazole rings is 1. The fraction of sp³-hybridized carbons (Fsp3) is 0.160. The van der Waals surface area contributed by atoms with E-state index < -0.39 is 29.3 Å². The van der Waals surface area contributed by atoms with E-state index in [-0.39, 0.29) is 22.0 Å². The van der Waals surface area contributed by atoms with Gasteiger partial charge in [0.15, 0.2) is 16.7 Å². The summed E-state index contributed by atoms with van der Waals surface area (Å²) in [4.78, 5) is 32.3. The van der Waals surface area contributed by atoms with E-state index in [9.17, 15) is 19.1 Å². The SMILES string of the molecule is CCOc1ccc2nc(N3C(=O)C(O)=C(C(=O)c4ccc(C)o4)[C@@H]3c3ccccc3F)sc2c1.